The highest BCUT2D eigenvalue weighted by molar-refractivity contribution is 5.72. The summed E-state index contributed by atoms with van der Waals surface area (Å²) in [5, 5.41) is 0. The molecule has 0 aliphatic heterocycles. The Labute approximate surface area is 82.9 Å². The molecule has 0 fully saturated rings. The molecule has 0 unspecified atom stereocenters. The van der Waals surface area contributed by atoms with Crippen LogP contribution in [0.4, 0.5) is 4.79 Å². The first-order chi connectivity index (χ1) is 6.35. The number of methoxy groups -OCH3 is 1. The van der Waals surface area contributed by atoms with Gasteiger partial charge in [0.15, 0.2) is 0 Å². The number of hydrogen-bond acceptors (Lipinski definition) is 5. The largest absolute Gasteiger partial charge is 0.468 e. The fourth-order valence-corrected chi connectivity index (χ4v) is 0.564. The zero-order valence-corrected chi connectivity index (χ0v) is 8.84. The molecular formula is C8H16N2O4. The molecular weight excluding hydrogens is 188 g/mol. The summed E-state index contributed by atoms with van der Waals surface area (Å²) in [6.07, 6.45) is -0.638. The minimum atomic E-state index is -0.638. The molecule has 0 spiro atoms. The number of hydrazine groups is 1. The van der Waals surface area contributed by atoms with Gasteiger partial charge in [-0.25, -0.2) is 10.2 Å². The Hall–Kier alpha value is -1.30. The summed E-state index contributed by atoms with van der Waals surface area (Å²) in [5.41, 5.74) is 3.99. The maximum absolute atomic E-state index is 11.0. The molecule has 6 heteroatoms. The van der Waals surface area contributed by atoms with Crippen LogP contribution in [0.5, 0.6) is 0 Å². The molecule has 0 heterocycles. The van der Waals surface area contributed by atoms with Gasteiger partial charge in [-0.15, -0.1) is 0 Å². The van der Waals surface area contributed by atoms with E-state index in [2.05, 4.69) is 15.6 Å². The number of amides is 1. The molecule has 0 aromatic rings. The van der Waals surface area contributed by atoms with Crippen LogP contribution in [0.1, 0.15) is 20.8 Å². The van der Waals surface area contributed by atoms with Crippen LogP contribution in [-0.2, 0) is 14.3 Å². The van der Waals surface area contributed by atoms with Crippen molar-refractivity contribution in [3.8, 4) is 0 Å². The molecule has 0 rings (SSSR count). The third kappa shape index (κ3) is 7.35. The van der Waals surface area contributed by atoms with Gasteiger partial charge in [0.2, 0.25) is 0 Å². The molecule has 0 radical (unpaired) electrons. The van der Waals surface area contributed by atoms with Crippen molar-refractivity contribution in [1.29, 1.82) is 0 Å². The van der Waals surface area contributed by atoms with Crippen molar-refractivity contribution < 1.29 is 19.1 Å². The number of esters is 1. The lowest BCUT2D eigenvalue weighted by molar-refractivity contribution is -0.139. The number of rotatable bonds is 3. The van der Waals surface area contributed by atoms with Crippen molar-refractivity contribution in [2.75, 3.05) is 13.7 Å². The van der Waals surface area contributed by atoms with Gasteiger partial charge >= 0.3 is 12.1 Å². The number of hydrogen-bond donors (Lipinski definition) is 2. The molecule has 14 heavy (non-hydrogen) atoms. The summed E-state index contributed by atoms with van der Waals surface area (Å²) < 4.78 is 9.23. The van der Waals surface area contributed by atoms with E-state index in [0.717, 1.165) is 0 Å². The van der Waals surface area contributed by atoms with E-state index in [1.807, 2.05) is 0 Å². The molecule has 0 saturated heterocycles. The van der Waals surface area contributed by atoms with Crippen molar-refractivity contribution in [1.82, 2.24) is 10.9 Å². The van der Waals surface area contributed by atoms with Gasteiger partial charge in [-0.1, -0.05) is 0 Å². The molecule has 82 valence electrons. The molecule has 1 amide bonds. The number of carbonyl (C=O) groups excluding carboxylic acids is 2. The molecule has 2 N–H and O–H groups in total. The van der Waals surface area contributed by atoms with Gasteiger partial charge < -0.3 is 9.47 Å². The van der Waals surface area contributed by atoms with Crippen LogP contribution in [0.15, 0.2) is 0 Å². The van der Waals surface area contributed by atoms with Crippen LogP contribution in [0.25, 0.3) is 0 Å². The molecule has 0 bridgehead atoms. The standard InChI is InChI=1S/C8H16N2O4/c1-8(2,3)14-7(12)10-9-5-6(11)13-4/h9H,5H2,1-4H3,(H,10,12). The smallest absolute Gasteiger partial charge is 0.422 e. The first kappa shape index (κ1) is 12.7. The van der Waals surface area contributed by atoms with Gasteiger partial charge in [-0.05, 0) is 20.8 Å². The molecule has 0 aromatic carbocycles. The Morgan fingerprint density at radius 1 is 1.29 bits per heavy atom. The minimum absolute atomic E-state index is 0.101. The van der Waals surface area contributed by atoms with Gasteiger partial charge in [0, 0.05) is 0 Å². The highest BCUT2D eigenvalue weighted by Gasteiger charge is 2.15. The van der Waals surface area contributed by atoms with Crippen molar-refractivity contribution >= 4 is 12.1 Å². The predicted molar refractivity (Wildman–Crippen MR) is 49.4 cm³/mol. The monoisotopic (exact) mass is 204 g/mol. The van der Waals surface area contributed by atoms with E-state index in [0.29, 0.717) is 0 Å². The number of nitrogens with one attached hydrogen (secondary N) is 2. The Kier molecular flexibility index (Phi) is 4.93. The summed E-state index contributed by atoms with van der Waals surface area (Å²) in [5.74, 6) is -0.471. The third-order valence-electron chi connectivity index (χ3n) is 1.05. The minimum Gasteiger partial charge on any atom is -0.468 e. The first-order valence-corrected chi connectivity index (χ1v) is 4.14. The van der Waals surface area contributed by atoms with Crippen LogP contribution in [0.2, 0.25) is 0 Å². The fourth-order valence-electron chi connectivity index (χ4n) is 0.564. The molecule has 0 aliphatic rings. The second-order valence-corrected chi connectivity index (χ2v) is 3.56. The highest BCUT2D eigenvalue weighted by Crippen LogP contribution is 2.05. The zero-order valence-electron chi connectivity index (χ0n) is 8.84. The molecule has 6 nitrogen and oxygen atoms in total. The first-order valence-electron chi connectivity index (χ1n) is 4.14. The van der Waals surface area contributed by atoms with Crippen LogP contribution in [0.3, 0.4) is 0 Å². The lowest BCUT2D eigenvalue weighted by Gasteiger charge is -2.19. The lowest BCUT2D eigenvalue weighted by atomic mass is 10.2. The Morgan fingerprint density at radius 3 is 2.29 bits per heavy atom. The van der Waals surface area contributed by atoms with E-state index < -0.39 is 17.7 Å². The van der Waals surface area contributed by atoms with Gasteiger partial charge in [0.25, 0.3) is 0 Å². The molecule has 0 saturated carbocycles. The predicted octanol–water partition coefficient (Wildman–Crippen LogP) is 0.189. The van der Waals surface area contributed by atoms with Gasteiger partial charge in [-0.3, -0.25) is 10.2 Å². The maximum Gasteiger partial charge on any atom is 0.422 e. The summed E-state index contributed by atoms with van der Waals surface area (Å²) in [7, 11) is 1.26. The average molecular weight is 204 g/mol. The van der Waals surface area contributed by atoms with E-state index in [9.17, 15) is 9.59 Å². The second-order valence-electron chi connectivity index (χ2n) is 3.56. The Morgan fingerprint density at radius 2 is 1.86 bits per heavy atom. The van der Waals surface area contributed by atoms with E-state index in [4.69, 9.17) is 4.74 Å². The SMILES string of the molecule is COC(=O)CNNC(=O)OC(C)(C)C. The summed E-state index contributed by atoms with van der Waals surface area (Å²) >= 11 is 0. The highest BCUT2D eigenvalue weighted by atomic mass is 16.6. The van der Waals surface area contributed by atoms with E-state index in [1.165, 1.54) is 7.11 Å². The third-order valence-corrected chi connectivity index (χ3v) is 1.05. The maximum atomic E-state index is 11.0. The van der Waals surface area contributed by atoms with Gasteiger partial charge in [0.1, 0.15) is 12.1 Å². The fraction of sp³-hybridized carbons (Fsp3) is 0.750. The van der Waals surface area contributed by atoms with Crippen molar-refractivity contribution in [3.05, 3.63) is 0 Å². The zero-order chi connectivity index (χ0) is 11.2. The number of carbonyl (C=O) groups is 2. The topological polar surface area (TPSA) is 76.7 Å². The second kappa shape index (κ2) is 5.43. The van der Waals surface area contributed by atoms with Crippen LogP contribution >= 0.6 is 0 Å². The van der Waals surface area contributed by atoms with Crippen LogP contribution in [0, 0.1) is 0 Å². The van der Waals surface area contributed by atoms with Gasteiger partial charge in [-0.2, -0.15) is 0 Å². The van der Waals surface area contributed by atoms with Crippen molar-refractivity contribution in [3.63, 3.8) is 0 Å². The summed E-state index contributed by atoms with van der Waals surface area (Å²) in [6.45, 7) is 5.13. The van der Waals surface area contributed by atoms with Crippen molar-refractivity contribution in [2.24, 2.45) is 0 Å². The normalized spacial score (nSPS) is 10.6. The Balaban J connectivity index is 3.60. The van der Waals surface area contributed by atoms with Crippen LogP contribution < -0.4 is 10.9 Å². The quantitative estimate of drug-likeness (QED) is 0.507. The van der Waals surface area contributed by atoms with Crippen LogP contribution in [-0.4, -0.2) is 31.3 Å². The van der Waals surface area contributed by atoms with E-state index in [1.54, 1.807) is 20.8 Å². The lowest BCUT2D eigenvalue weighted by Crippen LogP contribution is -2.43. The van der Waals surface area contributed by atoms with E-state index in [-0.39, 0.29) is 6.54 Å². The average Bonchev–Trinajstić information content (AvgIpc) is 2.00. The van der Waals surface area contributed by atoms with Gasteiger partial charge in [0.05, 0.1) is 7.11 Å². The molecule has 0 aliphatic carbocycles. The van der Waals surface area contributed by atoms with Crippen molar-refractivity contribution in [2.45, 2.75) is 26.4 Å². The summed E-state index contributed by atoms with van der Waals surface area (Å²) in [4.78, 5) is 21.6. The molecule has 0 aromatic heterocycles. The van der Waals surface area contributed by atoms with E-state index >= 15 is 0 Å². The number of ether oxygens (including phenoxy) is 2. The Bertz CT molecular complexity index is 210. The summed E-state index contributed by atoms with van der Waals surface area (Å²) in [6, 6.07) is 0. The molecule has 0 atom stereocenters.